The highest BCUT2D eigenvalue weighted by molar-refractivity contribution is 9.10. The second-order valence-electron chi connectivity index (χ2n) is 4.89. The number of nitrogens with one attached hydrogen (secondary N) is 1. The van der Waals surface area contributed by atoms with Crippen LogP contribution in [0.15, 0.2) is 28.7 Å². The van der Waals surface area contributed by atoms with E-state index in [9.17, 15) is 4.79 Å². The number of halogens is 1. The summed E-state index contributed by atoms with van der Waals surface area (Å²) in [6.07, 6.45) is 1.05. The fraction of sp³-hybridized carbons (Fsp3) is 0.533. The van der Waals surface area contributed by atoms with Crippen LogP contribution in [0.1, 0.15) is 33.6 Å². The van der Waals surface area contributed by atoms with E-state index in [0.29, 0.717) is 12.3 Å². The van der Waals surface area contributed by atoms with Crippen molar-refractivity contribution in [2.24, 2.45) is 5.73 Å². The number of rotatable bonds is 7. The number of amides is 1. The van der Waals surface area contributed by atoms with Gasteiger partial charge in [0.2, 0.25) is 0 Å². The number of hydrogen-bond acceptors (Lipinski definition) is 3. The Balaban J connectivity index is 2.65. The highest BCUT2D eigenvalue weighted by Crippen LogP contribution is 2.18. The van der Waals surface area contributed by atoms with Gasteiger partial charge in [-0.2, -0.15) is 0 Å². The molecule has 3 N–H and O–H groups in total. The molecule has 0 aliphatic heterocycles. The Labute approximate surface area is 129 Å². The molecule has 5 heteroatoms. The van der Waals surface area contributed by atoms with E-state index in [-0.39, 0.29) is 11.4 Å². The first-order chi connectivity index (χ1) is 9.46. The van der Waals surface area contributed by atoms with Gasteiger partial charge >= 0.3 is 0 Å². The quantitative estimate of drug-likeness (QED) is 0.800. The van der Waals surface area contributed by atoms with Gasteiger partial charge < -0.3 is 15.8 Å². The third-order valence-corrected chi connectivity index (χ3v) is 4.16. The van der Waals surface area contributed by atoms with Crippen LogP contribution in [0, 0.1) is 0 Å². The van der Waals surface area contributed by atoms with E-state index in [0.717, 1.165) is 17.3 Å². The van der Waals surface area contributed by atoms with Crippen molar-refractivity contribution in [3.05, 3.63) is 28.7 Å². The molecule has 0 saturated carbocycles. The molecule has 1 rings (SSSR count). The Hall–Kier alpha value is -1.07. The minimum Gasteiger partial charge on any atom is -0.481 e. The zero-order valence-electron chi connectivity index (χ0n) is 12.3. The third-order valence-electron chi connectivity index (χ3n) is 3.63. The summed E-state index contributed by atoms with van der Waals surface area (Å²) in [5.74, 6) is 0.532. The van der Waals surface area contributed by atoms with Gasteiger partial charge in [0, 0.05) is 11.0 Å². The van der Waals surface area contributed by atoms with E-state index in [4.69, 9.17) is 10.5 Å². The molecule has 0 heterocycles. The van der Waals surface area contributed by atoms with Crippen molar-refractivity contribution in [2.45, 2.75) is 45.3 Å². The van der Waals surface area contributed by atoms with Crippen molar-refractivity contribution >= 4 is 21.8 Å². The van der Waals surface area contributed by atoms with Gasteiger partial charge in [0.15, 0.2) is 6.10 Å². The minimum absolute atomic E-state index is 0.137. The number of hydrogen-bond donors (Lipinski definition) is 2. The summed E-state index contributed by atoms with van der Waals surface area (Å²) in [5.41, 5.74) is 5.45. The summed E-state index contributed by atoms with van der Waals surface area (Å²) in [6.45, 7) is 6.22. The molecule has 0 bridgehead atoms. The number of benzene rings is 1. The molecule has 0 saturated heterocycles. The molecule has 0 aliphatic rings. The van der Waals surface area contributed by atoms with E-state index < -0.39 is 6.10 Å². The number of ether oxygens (including phenoxy) is 1. The highest BCUT2D eigenvalue weighted by atomic mass is 79.9. The molecule has 1 atom stereocenters. The van der Waals surface area contributed by atoms with Crippen LogP contribution in [-0.2, 0) is 4.79 Å². The smallest absolute Gasteiger partial charge is 0.261 e. The Bertz CT molecular complexity index is 422. The minimum atomic E-state index is -0.555. The molecule has 0 aliphatic carbocycles. The lowest BCUT2D eigenvalue weighted by Crippen LogP contribution is -2.55. The van der Waals surface area contributed by atoms with Gasteiger partial charge in [-0.25, -0.2) is 0 Å². The average Bonchev–Trinajstić information content (AvgIpc) is 2.47. The second-order valence-corrected chi connectivity index (χ2v) is 5.81. The molecule has 20 heavy (non-hydrogen) atoms. The van der Waals surface area contributed by atoms with E-state index >= 15 is 0 Å². The van der Waals surface area contributed by atoms with Crippen LogP contribution in [0.25, 0.3) is 0 Å². The van der Waals surface area contributed by atoms with Gasteiger partial charge in [-0.05, 0) is 44.0 Å². The fourth-order valence-electron chi connectivity index (χ4n) is 1.90. The normalized spacial score (nSPS) is 12.8. The van der Waals surface area contributed by atoms with Crippen molar-refractivity contribution in [2.75, 3.05) is 6.54 Å². The Kier molecular flexibility index (Phi) is 6.49. The molecule has 0 spiro atoms. The topological polar surface area (TPSA) is 64.3 Å². The average molecular weight is 343 g/mol. The second kappa shape index (κ2) is 7.64. The summed E-state index contributed by atoms with van der Waals surface area (Å²) >= 11 is 3.36. The van der Waals surface area contributed by atoms with Gasteiger partial charge in [-0.3, -0.25) is 4.79 Å². The lowest BCUT2D eigenvalue weighted by atomic mass is 9.92. The summed E-state index contributed by atoms with van der Waals surface area (Å²) in [6, 6.07) is 7.40. The van der Waals surface area contributed by atoms with Crippen molar-refractivity contribution in [3.63, 3.8) is 0 Å². The molecule has 0 fully saturated rings. The molecular formula is C15H23BrN2O2. The van der Waals surface area contributed by atoms with Crippen LogP contribution in [0.4, 0.5) is 0 Å². The largest absolute Gasteiger partial charge is 0.481 e. The molecule has 1 unspecified atom stereocenters. The molecule has 1 amide bonds. The zero-order chi connectivity index (χ0) is 15.2. The molecule has 1 aromatic rings. The molecule has 112 valence electrons. The van der Waals surface area contributed by atoms with E-state index in [1.165, 1.54) is 0 Å². The van der Waals surface area contributed by atoms with Crippen molar-refractivity contribution < 1.29 is 9.53 Å². The first kappa shape index (κ1) is 17.0. The maximum Gasteiger partial charge on any atom is 0.261 e. The van der Waals surface area contributed by atoms with E-state index in [1.807, 2.05) is 38.1 Å². The maximum absolute atomic E-state index is 12.2. The van der Waals surface area contributed by atoms with Gasteiger partial charge in [-0.15, -0.1) is 0 Å². The predicted molar refractivity (Wildman–Crippen MR) is 84.7 cm³/mol. The Morgan fingerprint density at radius 3 is 2.35 bits per heavy atom. The van der Waals surface area contributed by atoms with Crippen LogP contribution < -0.4 is 15.8 Å². The monoisotopic (exact) mass is 342 g/mol. The predicted octanol–water partition coefficient (Wildman–Crippen LogP) is 2.85. The van der Waals surface area contributed by atoms with Crippen LogP contribution >= 0.6 is 15.9 Å². The summed E-state index contributed by atoms with van der Waals surface area (Å²) in [7, 11) is 0. The molecule has 0 radical (unpaired) electrons. The van der Waals surface area contributed by atoms with Crippen molar-refractivity contribution in [1.29, 1.82) is 0 Å². The van der Waals surface area contributed by atoms with Crippen LogP contribution in [0.2, 0.25) is 0 Å². The summed E-state index contributed by atoms with van der Waals surface area (Å²) < 4.78 is 6.61. The maximum atomic E-state index is 12.2. The Morgan fingerprint density at radius 1 is 1.35 bits per heavy atom. The van der Waals surface area contributed by atoms with E-state index in [1.54, 1.807) is 6.92 Å². The molecule has 0 aromatic heterocycles. The Morgan fingerprint density at radius 2 is 1.90 bits per heavy atom. The van der Waals surface area contributed by atoms with Gasteiger partial charge in [0.25, 0.3) is 5.91 Å². The standard InChI is InChI=1S/C15H23BrN2O2/c1-4-15(5-2,10-17)18-14(19)11(3)20-13-8-6-12(16)7-9-13/h6-9,11H,4-5,10,17H2,1-3H3,(H,18,19). The molecular weight excluding hydrogens is 320 g/mol. The summed E-state index contributed by atoms with van der Waals surface area (Å²) in [5, 5.41) is 3.01. The fourth-order valence-corrected chi connectivity index (χ4v) is 2.16. The van der Waals surface area contributed by atoms with Crippen molar-refractivity contribution in [1.82, 2.24) is 5.32 Å². The van der Waals surface area contributed by atoms with Crippen LogP contribution in [-0.4, -0.2) is 24.1 Å². The van der Waals surface area contributed by atoms with Crippen LogP contribution in [0.3, 0.4) is 0 Å². The van der Waals surface area contributed by atoms with Crippen LogP contribution in [0.5, 0.6) is 5.75 Å². The molecule has 1 aromatic carbocycles. The molecule has 4 nitrogen and oxygen atoms in total. The number of carbonyl (C=O) groups excluding carboxylic acids is 1. The number of nitrogens with two attached hydrogens (primary N) is 1. The first-order valence-electron chi connectivity index (χ1n) is 6.90. The lowest BCUT2D eigenvalue weighted by Gasteiger charge is -2.32. The third kappa shape index (κ3) is 4.49. The van der Waals surface area contributed by atoms with Gasteiger partial charge in [0.1, 0.15) is 5.75 Å². The van der Waals surface area contributed by atoms with E-state index in [2.05, 4.69) is 21.2 Å². The first-order valence-corrected chi connectivity index (χ1v) is 7.70. The highest BCUT2D eigenvalue weighted by Gasteiger charge is 2.28. The number of carbonyl (C=O) groups is 1. The zero-order valence-corrected chi connectivity index (χ0v) is 13.9. The SMILES string of the molecule is CCC(CC)(CN)NC(=O)C(C)Oc1ccc(Br)cc1. The van der Waals surface area contributed by atoms with Crippen molar-refractivity contribution in [3.8, 4) is 5.75 Å². The lowest BCUT2D eigenvalue weighted by molar-refractivity contribution is -0.129. The van der Waals surface area contributed by atoms with Gasteiger partial charge in [0.05, 0.1) is 5.54 Å². The summed E-state index contributed by atoms with van der Waals surface area (Å²) in [4.78, 5) is 12.2. The van der Waals surface area contributed by atoms with Gasteiger partial charge in [-0.1, -0.05) is 29.8 Å².